The summed E-state index contributed by atoms with van der Waals surface area (Å²) in [5.74, 6) is 0.519. The van der Waals surface area contributed by atoms with Gasteiger partial charge in [-0.1, -0.05) is 0 Å². The van der Waals surface area contributed by atoms with Gasteiger partial charge in [-0.05, 0) is 80.0 Å². The molecule has 6 aliphatic rings. The second kappa shape index (κ2) is 2.86. The number of rotatable bonds is 2. The molecule has 0 aromatic heterocycles. The van der Waals surface area contributed by atoms with E-state index in [9.17, 15) is 9.59 Å². The van der Waals surface area contributed by atoms with E-state index in [-0.39, 0.29) is 5.92 Å². The number of Topliss-reactive ketones (excluding diaryl/α,β-unsaturated/α-hetero) is 1. The number of hydrogen-bond acceptors (Lipinski definition) is 2. The zero-order valence-electron chi connectivity index (χ0n) is 12.1. The van der Waals surface area contributed by atoms with E-state index in [0.29, 0.717) is 33.4 Å². The van der Waals surface area contributed by atoms with Crippen molar-refractivity contribution in [1.29, 1.82) is 0 Å². The highest BCUT2D eigenvalue weighted by Crippen LogP contribution is 2.93. The molecule has 20 heavy (non-hydrogen) atoms. The number of fused-ring (bicyclic) bond motifs is 2. The zero-order valence-corrected chi connectivity index (χ0v) is 12.1. The molecule has 0 unspecified atom stereocenters. The van der Waals surface area contributed by atoms with E-state index in [4.69, 9.17) is 5.11 Å². The third-order valence-electron chi connectivity index (χ3n) is 7.84. The first-order valence-corrected chi connectivity index (χ1v) is 8.19. The Morgan fingerprint density at radius 1 is 0.750 bits per heavy atom. The average molecular weight is 274 g/mol. The number of aliphatic carboxylic acids is 1. The molecular formula is C17H22O3. The van der Waals surface area contributed by atoms with E-state index >= 15 is 0 Å². The summed E-state index contributed by atoms with van der Waals surface area (Å²) in [6.07, 6.45) is 10.2. The fraction of sp³-hybridized carbons (Fsp3) is 0.882. The van der Waals surface area contributed by atoms with Crippen LogP contribution in [0.1, 0.15) is 58.3 Å². The van der Waals surface area contributed by atoms with E-state index in [1.165, 1.54) is 51.4 Å². The first-order valence-electron chi connectivity index (χ1n) is 8.19. The molecule has 0 bridgehead atoms. The molecule has 6 rings (SSSR count). The molecule has 3 nitrogen and oxygen atoms in total. The zero-order chi connectivity index (χ0) is 14.0. The molecule has 0 radical (unpaired) electrons. The predicted octanol–water partition coefficient (Wildman–Crippen LogP) is 3.03. The molecule has 0 aromatic carbocycles. The average Bonchev–Trinajstić information content (AvgIpc) is 3.21. The summed E-state index contributed by atoms with van der Waals surface area (Å²) in [7, 11) is 0. The highest BCUT2D eigenvalue weighted by atomic mass is 16.4. The summed E-state index contributed by atoms with van der Waals surface area (Å²) in [6, 6.07) is 0. The van der Waals surface area contributed by atoms with Gasteiger partial charge in [-0.3, -0.25) is 9.59 Å². The van der Waals surface area contributed by atoms with Gasteiger partial charge >= 0.3 is 5.97 Å². The third-order valence-corrected chi connectivity index (χ3v) is 7.84. The highest BCUT2D eigenvalue weighted by molar-refractivity contribution is 5.86. The first-order chi connectivity index (χ1) is 9.46. The maximum Gasteiger partial charge on any atom is 0.307 e. The number of ketones is 1. The molecule has 6 saturated carbocycles. The molecule has 0 amide bonds. The molecule has 3 heteroatoms. The Kier molecular flexibility index (Phi) is 1.68. The second-order valence-electron chi connectivity index (χ2n) is 8.44. The van der Waals surface area contributed by atoms with Crippen molar-refractivity contribution in [3.8, 4) is 0 Å². The number of hydrogen-bond donors (Lipinski definition) is 1. The van der Waals surface area contributed by atoms with Crippen LogP contribution in [0.5, 0.6) is 0 Å². The van der Waals surface area contributed by atoms with E-state index < -0.39 is 5.97 Å². The molecule has 0 heterocycles. The molecule has 0 atom stereocenters. The van der Waals surface area contributed by atoms with Gasteiger partial charge in [0, 0.05) is 5.92 Å². The summed E-state index contributed by atoms with van der Waals surface area (Å²) in [5.41, 5.74) is 1.88. The smallest absolute Gasteiger partial charge is 0.307 e. The van der Waals surface area contributed by atoms with Crippen LogP contribution in [0.2, 0.25) is 0 Å². The Balaban J connectivity index is 0.0000000960. The van der Waals surface area contributed by atoms with Crippen LogP contribution in [-0.4, -0.2) is 16.9 Å². The lowest BCUT2D eigenvalue weighted by atomic mass is 10.2. The largest absolute Gasteiger partial charge is 0.481 e. The molecule has 108 valence electrons. The van der Waals surface area contributed by atoms with Crippen LogP contribution in [0, 0.1) is 33.5 Å². The standard InChI is InChI=1S/C9H12O.C8H10O2/c1-6(10)7-8(2-3-8)9(7)4-5-9;9-6(10)5-7(1-2-7)8(5)3-4-8/h7H,2-5H2,1H3;5H,1-4H2,(H,9,10). The molecule has 0 saturated heterocycles. The lowest BCUT2D eigenvalue weighted by molar-refractivity contribution is -0.139. The summed E-state index contributed by atoms with van der Waals surface area (Å²) < 4.78 is 0. The highest BCUT2D eigenvalue weighted by Gasteiger charge is 2.89. The van der Waals surface area contributed by atoms with Crippen LogP contribution < -0.4 is 0 Å². The van der Waals surface area contributed by atoms with Crippen molar-refractivity contribution in [3.05, 3.63) is 0 Å². The molecule has 6 fully saturated rings. The van der Waals surface area contributed by atoms with Gasteiger partial charge in [-0.25, -0.2) is 0 Å². The van der Waals surface area contributed by atoms with E-state index in [1.807, 2.05) is 0 Å². The lowest BCUT2D eigenvalue weighted by Crippen LogP contribution is -2.00. The number of carbonyl (C=O) groups is 2. The van der Waals surface area contributed by atoms with Crippen LogP contribution in [0.4, 0.5) is 0 Å². The van der Waals surface area contributed by atoms with Crippen molar-refractivity contribution in [3.63, 3.8) is 0 Å². The number of carbonyl (C=O) groups excluding carboxylic acids is 1. The quantitative estimate of drug-likeness (QED) is 0.842. The van der Waals surface area contributed by atoms with Gasteiger partial charge < -0.3 is 5.11 Å². The number of carboxylic acid groups (broad SMARTS) is 1. The van der Waals surface area contributed by atoms with Crippen molar-refractivity contribution in [2.45, 2.75) is 58.3 Å². The maximum absolute atomic E-state index is 11.1. The monoisotopic (exact) mass is 274 g/mol. The van der Waals surface area contributed by atoms with Crippen LogP contribution in [0.15, 0.2) is 0 Å². The van der Waals surface area contributed by atoms with Gasteiger partial charge in [0.25, 0.3) is 0 Å². The van der Waals surface area contributed by atoms with Gasteiger partial charge in [0.2, 0.25) is 0 Å². The first kappa shape index (κ1) is 11.8. The van der Waals surface area contributed by atoms with E-state index in [1.54, 1.807) is 6.92 Å². The topological polar surface area (TPSA) is 54.4 Å². The van der Waals surface area contributed by atoms with Crippen LogP contribution in [0.3, 0.4) is 0 Å². The van der Waals surface area contributed by atoms with Crippen LogP contribution >= 0.6 is 0 Å². The number of carboxylic acids is 1. The lowest BCUT2D eigenvalue weighted by Gasteiger charge is -1.83. The molecule has 0 aromatic rings. The van der Waals surface area contributed by atoms with Gasteiger partial charge in [0.05, 0.1) is 5.92 Å². The Labute approximate surface area is 119 Å². The summed E-state index contributed by atoms with van der Waals surface area (Å²) in [6.45, 7) is 1.78. The van der Waals surface area contributed by atoms with Crippen LogP contribution in [0.25, 0.3) is 0 Å². The maximum atomic E-state index is 11.1. The minimum atomic E-state index is -0.532. The Hall–Kier alpha value is -0.860. The minimum Gasteiger partial charge on any atom is -0.481 e. The van der Waals surface area contributed by atoms with Crippen molar-refractivity contribution >= 4 is 11.8 Å². The fourth-order valence-corrected chi connectivity index (χ4v) is 6.41. The molecule has 6 aliphatic carbocycles. The van der Waals surface area contributed by atoms with Gasteiger partial charge in [0.15, 0.2) is 0 Å². The molecule has 1 N–H and O–H groups in total. The molecular weight excluding hydrogens is 252 g/mol. The SMILES string of the molecule is CC(=O)C1C2(CC2)C12CC2.O=C(O)C1C2(CC2)C12CC2. The van der Waals surface area contributed by atoms with Crippen molar-refractivity contribution in [1.82, 2.24) is 0 Å². The van der Waals surface area contributed by atoms with Gasteiger partial charge in [-0.2, -0.15) is 0 Å². The van der Waals surface area contributed by atoms with E-state index in [0.717, 1.165) is 0 Å². The normalized spacial score (nSPS) is 41.9. The van der Waals surface area contributed by atoms with Gasteiger partial charge in [0.1, 0.15) is 5.78 Å². The van der Waals surface area contributed by atoms with Crippen molar-refractivity contribution < 1.29 is 14.7 Å². The van der Waals surface area contributed by atoms with E-state index in [2.05, 4.69) is 0 Å². The molecule has 0 aliphatic heterocycles. The Morgan fingerprint density at radius 3 is 1.15 bits per heavy atom. The minimum absolute atomic E-state index is 0.0694. The second-order valence-corrected chi connectivity index (χ2v) is 8.44. The Bertz CT molecular complexity index is 459. The Morgan fingerprint density at radius 2 is 1.05 bits per heavy atom. The van der Waals surface area contributed by atoms with Crippen molar-refractivity contribution in [2.75, 3.05) is 0 Å². The fourth-order valence-electron chi connectivity index (χ4n) is 6.41. The predicted molar refractivity (Wildman–Crippen MR) is 72.0 cm³/mol. The van der Waals surface area contributed by atoms with Crippen LogP contribution in [-0.2, 0) is 9.59 Å². The summed E-state index contributed by atoms with van der Waals surface area (Å²) in [4.78, 5) is 21.8. The summed E-state index contributed by atoms with van der Waals surface area (Å²) in [5, 5.41) is 8.80. The van der Waals surface area contributed by atoms with Gasteiger partial charge in [-0.15, -0.1) is 0 Å². The van der Waals surface area contributed by atoms with Crippen molar-refractivity contribution in [2.24, 2.45) is 33.5 Å². The summed E-state index contributed by atoms with van der Waals surface area (Å²) >= 11 is 0. The molecule has 4 spiro atoms. The third kappa shape index (κ3) is 1.05.